The Labute approximate surface area is 135 Å². The molecule has 0 aliphatic heterocycles. The maximum absolute atomic E-state index is 11.6. The number of ether oxygens (including phenoxy) is 2. The minimum Gasteiger partial charge on any atom is -0.481 e. The number of hydrogen-bond donors (Lipinski definition) is 1. The van der Waals surface area contributed by atoms with Crippen LogP contribution in [0.4, 0.5) is 11.4 Å². The molecule has 0 unspecified atom stereocenters. The van der Waals surface area contributed by atoms with Gasteiger partial charge < -0.3 is 19.7 Å². The molecule has 0 spiro atoms. The van der Waals surface area contributed by atoms with Crippen LogP contribution in [0.3, 0.4) is 0 Å². The van der Waals surface area contributed by atoms with E-state index in [2.05, 4.69) is 15.3 Å². The fourth-order valence-corrected chi connectivity index (χ4v) is 2.01. The zero-order valence-electron chi connectivity index (χ0n) is 13.7. The summed E-state index contributed by atoms with van der Waals surface area (Å²) >= 11 is 0. The minimum atomic E-state index is -0.0374. The van der Waals surface area contributed by atoms with Gasteiger partial charge in [0.2, 0.25) is 11.8 Å². The van der Waals surface area contributed by atoms with Crippen LogP contribution in [0.2, 0.25) is 0 Å². The normalized spacial score (nSPS) is 10.1. The molecule has 7 nitrogen and oxygen atoms in total. The molecule has 0 saturated carbocycles. The molecule has 122 valence electrons. The van der Waals surface area contributed by atoms with Crippen LogP contribution in [-0.2, 0) is 11.3 Å². The number of anilines is 2. The van der Waals surface area contributed by atoms with Crippen LogP contribution in [0.1, 0.15) is 12.6 Å². The van der Waals surface area contributed by atoms with Crippen LogP contribution in [0.15, 0.2) is 30.3 Å². The number of para-hydroxylation sites is 2. The van der Waals surface area contributed by atoms with Crippen LogP contribution in [-0.4, -0.2) is 37.1 Å². The highest BCUT2D eigenvalue weighted by Crippen LogP contribution is 2.25. The van der Waals surface area contributed by atoms with Gasteiger partial charge in [0.05, 0.1) is 37.8 Å². The van der Waals surface area contributed by atoms with Crippen molar-refractivity contribution in [3.05, 3.63) is 36.0 Å². The summed E-state index contributed by atoms with van der Waals surface area (Å²) in [7, 11) is 4.78. The van der Waals surface area contributed by atoms with E-state index in [-0.39, 0.29) is 11.9 Å². The van der Waals surface area contributed by atoms with Crippen LogP contribution in [0.25, 0.3) is 0 Å². The first-order chi connectivity index (χ1) is 11.0. The Morgan fingerprint density at radius 3 is 2.61 bits per heavy atom. The largest absolute Gasteiger partial charge is 0.481 e. The summed E-state index contributed by atoms with van der Waals surface area (Å²) < 4.78 is 10.2. The van der Waals surface area contributed by atoms with Gasteiger partial charge >= 0.3 is 6.01 Å². The summed E-state index contributed by atoms with van der Waals surface area (Å²) in [4.78, 5) is 21.5. The Hall–Kier alpha value is -2.83. The molecule has 1 N–H and O–H groups in total. The van der Waals surface area contributed by atoms with Crippen molar-refractivity contribution in [2.24, 2.45) is 0 Å². The number of amides is 1. The second-order valence-electron chi connectivity index (χ2n) is 4.84. The topological polar surface area (TPSA) is 76.6 Å². The van der Waals surface area contributed by atoms with Crippen molar-refractivity contribution in [1.29, 1.82) is 0 Å². The van der Waals surface area contributed by atoms with Gasteiger partial charge in [0.1, 0.15) is 0 Å². The van der Waals surface area contributed by atoms with Crippen molar-refractivity contribution < 1.29 is 14.3 Å². The molecule has 0 radical (unpaired) electrons. The van der Waals surface area contributed by atoms with Gasteiger partial charge in [0.15, 0.2) is 0 Å². The molecule has 0 atom stereocenters. The fraction of sp³-hybridized carbons (Fsp3) is 0.312. The van der Waals surface area contributed by atoms with E-state index in [9.17, 15) is 4.79 Å². The number of benzene rings is 1. The number of nitrogens with zero attached hydrogens (tertiary/aromatic N) is 3. The predicted octanol–water partition coefficient (Wildman–Crippen LogP) is 2.09. The van der Waals surface area contributed by atoms with Crippen LogP contribution < -0.4 is 19.7 Å². The van der Waals surface area contributed by atoms with Crippen molar-refractivity contribution in [3.63, 3.8) is 0 Å². The number of methoxy groups -OCH3 is 2. The summed E-state index contributed by atoms with van der Waals surface area (Å²) in [5.74, 6) is 0.396. The summed E-state index contributed by atoms with van der Waals surface area (Å²) in [6.07, 6.45) is 0. The van der Waals surface area contributed by atoms with Crippen LogP contribution in [0.5, 0.6) is 11.9 Å². The van der Waals surface area contributed by atoms with Crippen molar-refractivity contribution in [3.8, 4) is 11.9 Å². The lowest BCUT2D eigenvalue weighted by Crippen LogP contribution is -2.24. The van der Waals surface area contributed by atoms with Gasteiger partial charge in [0, 0.05) is 20.0 Å². The van der Waals surface area contributed by atoms with E-state index < -0.39 is 0 Å². The molecule has 0 fully saturated rings. The lowest BCUT2D eigenvalue weighted by atomic mass is 10.2. The molecule has 7 heteroatoms. The van der Waals surface area contributed by atoms with Crippen molar-refractivity contribution in [2.75, 3.05) is 31.5 Å². The lowest BCUT2D eigenvalue weighted by molar-refractivity contribution is -0.116. The smallest absolute Gasteiger partial charge is 0.319 e. The Balaban J connectivity index is 2.20. The average molecular weight is 316 g/mol. The maximum Gasteiger partial charge on any atom is 0.319 e. The highest BCUT2D eigenvalue weighted by molar-refractivity contribution is 5.94. The second-order valence-corrected chi connectivity index (χ2v) is 4.84. The first-order valence-corrected chi connectivity index (χ1v) is 7.08. The molecule has 1 heterocycles. The molecule has 23 heavy (non-hydrogen) atoms. The Bertz CT molecular complexity index is 669. The van der Waals surface area contributed by atoms with E-state index in [1.807, 2.05) is 24.3 Å². The maximum atomic E-state index is 11.6. The van der Waals surface area contributed by atoms with Crippen LogP contribution in [0, 0.1) is 0 Å². The highest BCUT2D eigenvalue weighted by Gasteiger charge is 2.11. The third-order valence-electron chi connectivity index (χ3n) is 3.32. The third-order valence-corrected chi connectivity index (χ3v) is 3.32. The fourth-order valence-electron chi connectivity index (χ4n) is 2.01. The predicted molar refractivity (Wildman–Crippen MR) is 88.0 cm³/mol. The first-order valence-electron chi connectivity index (χ1n) is 7.08. The molecule has 1 aromatic heterocycles. The molecular formula is C16H20N4O3. The molecule has 2 aromatic rings. The van der Waals surface area contributed by atoms with E-state index in [0.717, 1.165) is 11.4 Å². The van der Waals surface area contributed by atoms with Gasteiger partial charge in [-0.2, -0.15) is 9.97 Å². The minimum absolute atomic E-state index is 0.0374. The number of carbonyl (C=O) groups excluding carboxylic acids is 1. The number of rotatable bonds is 6. The molecule has 2 rings (SSSR count). The monoisotopic (exact) mass is 316 g/mol. The molecule has 0 aliphatic carbocycles. The van der Waals surface area contributed by atoms with Gasteiger partial charge in [-0.25, -0.2) is 0 Å². The summed E-state index contributed by atoms with van der Waals surface area (Å²) in [6.45, 7) is 1.97. The van der Waals surface area contributed by atoms with Crippen molar-refractivity contribution in [2.45, 2.75) is 13.5 Å². The number of nitrogens with one attached hydrogen (secondary N) is 1. The van der Waals surface area contributed by atoms with E-state index in [1.165, 1.54) is 21.1 Å². The molecule has 0 bridgehead atoms. The van der Waals surface area contributed by atoms with Crippen LogP contribution >= 0.6 is 0 Å². The van der Waals surface area contributed by atoms with Crippen molar-refractivity contribution in [1.82, 2.24) is 9.97 Å². The zero-order valence-corrected chi connectivity index (χ0v) is 13.7. The summed E-state index contributed by atoms with van der Waals surface area (Å²) in [5.41, 5.74) is 2.35. The molecule has 0 aliphatic rings. The van der Waals surface area contributed by atoms with E-state index in [4.69, 9.17) is 9.47 Å². The highest BCUT2D eigenvalue weighted by atomic mass is 16.5. The summed E-state index contributed by atoms with van der Waals surface area (Å²) in [6, 6.07) is 9.55. The second kappa shape index (κ2) is 7.44. The first kappa shape index (κ1) is 16.5. The molecule has 0 saturated heterocycles. The Kier molecular flexibility index (Phi) is 5.35. The van der Waals surface area contributed by atoms with Gasteiger partial charge in [-0.05, 0) is 12.1 Å². The Morgan fingerprint density at radius 2 is 1.96 bits per heavy atom. The van der Waals surface area contributed by atoms with Gasteiger partial charge in [0.25, 0.3) is 0 Å². The third kappa shape index (κ3) is 4.09. The zero-order chi connectivity index (χ0) is 16.8. The molecule has 1 aromatic carbocycles. The van der Waals surface area contributed by atoms with E-state index >= 15 is 0 Å². The number of carbonyl (C=O) groups is 1. The number of hydrogen-bond acceptors (Lipinski definition) is 6. The van der Waals surface area contributed by atoms with E-state index in [0.29, 0.717) is 18.1 Å². The van der Waals surface area contributed by atoms with Crippen molar-refractivity contribution >= 4 is 17.3 Å². The van der Waals surface area contributed by atoms with Gasteiger partial charge in [-0.1, -0.05) is 12.1 Å². The lowest BCUT2D eigenvalue weighted by Gasteiger charge is -2.19. The molecular weight excluding hydrogens is 296 g/mol. The quantitative estimate of drug-likeness (QED) is 0.879. The standard InChI is InChI=1S/C16H20N4O3/c1-11(21)20(2)14-8-6-5-7-13(14)17-10-12-9-15(22-3)19-16(18-12)23-4/h5-9,17H,10H2,1-4H3. The number of aromatic nitrogens is 2. The average Bonchev–Trinajstić information content (AvgIpc) is 2.59. The summed E-state index contributed by atoms with van der Waals surface area (Å²) in [5, 5.41) is 3.27. The Morgan fingerprint density at radius 1 is 1.22 bits per heavy atom. The van der Waals surface area contributed by atoms with E-state index in [1.54, 1.807) is 18.0 Å². The van der Waals surface area contributed by atoms with Gasteiger partial charge in [-0.3, -0.25) is 4.79 Å². The van der Waals surface area contributed by atoms with Gasteiger partial charge in [-0.15, -0.1) is 0 Å². The molecule has 1 amide bonds. The SMILES string of the molecule is COc1cc(CNc2ccccc2N(C)C(C)=O)nc(OC)n1.